The topological polar surface area (TPSA) is 41.1 Å². The average molecular weight is 202 g/mol. The summed E-state index contributed by atoms with van der Waals surface area (Å²) >= 11 is 0. The number of benzene rings is 1. The summed E-state index contributed by atoms with van der Waals surface area (Å²) in [5, 5.41) is 6.57. The first-order valence-corrected chi connectivity index (χ1v) is 5.49. The van der Waals surface area contributed by atoms with Crippen molar-refractivity contribution in [2.75, 3.05) is 5.32 Å². The van der Waals surface area contributed by atoms with Crippen molar-refractivity contribution in [2.45, 2.75) is 31.3 Å². The van der Waals surface area contributed by atoms with Gasteiger partial charge < -0.3 is 10.6 Å². The molecule has 0 bridgehead atoms. The second-order valence-electron chi connectivity index (χ2n) is 4.41. The van der Waals surface area contributed by atoms with Crippen LogP contribution in [0.15, 0.2) is 24.3 Å². The van der Waals surface area contributed by atoms with E-state index >= 15 is 0 Å². The molecule has 2 N–H and O–H groups in total. The lowest BCUT2D eigenvalue weighted by Crippen LogP contribution is -2.55. The Morgan fingerprint density at radius 2 is 1.80 bits per heavy atom. The van der Waals surface area contributed by atoms with Crippen LogP contribution in [-0.2, 0) is 0 Å². The van der Waals surface area contributed by atoms with Gasteiger partial charge in [-0.2, -0.15) is 0 Å². The van der Waals surface area contributed by atoms with E-state index in [1.165, 1.54) is 12.8 Å². The normalized spacial score (nSPS) is 22.0. The van der Waals surface area contributed by atoms with Crippen molar-refractivity contribution >= 4 is 11.6 Å². The third-order valence-corrected chi connectivity index (χ3v) is 3.36. The Morgan fingerprint density at radius 1 is 1.07 bits per heavy atom. The van der Waals surface area contributed by atoms with E-state index in [0.29, 0.717) is 0 Å². The quantitative estimate of drug-likeness (QED) is 0.676. The first-order valence-electron chi connectivity index (χ1n) is 5.49. The minimum atomic E-state index is -0.161. The molecule has 2 aliphatic rings. The van der Waals surface area contributed by atoms with Crippen LogP contribution in [0.5, 0.6) is 0 Å². The van der Waals surface area contributed by atoms with E-state index in [1.807, 2.05) is 24.3 Å². The number of para-hydroxylation sites is 1. The molecule has 1 saturated carbocycles. The van der Waals surface area contributed by atoms with Crippen molar-refractivity contribution in [1.82, 2.24) is 5.32 Å². The van der Waals surface area contributed by atoms with E-state index in [0.717, 1.165) is 24.1 Å². The highest BCUT2D eigenvalue weighted by molar-refractivity contribution is 6.02. The van der Waals surface area contributed by atoms with Crippen molar-refractivity contribution < 1.29 is 4.79 Å². The van der Waals surface area contributed by atoms with E-state index in [9.17, 15) is 4.79 Å². The zero-order valence-electron chi connectivity index (χ0n) is 8.55. The van der Waals surface area contributed by atoms with Crippen LogP contribution in [-0.4, -0.2) is 11.6 Å². The molecule has 0 atom stereocenters. The molecule has 15 heavy (non-hydrogen) atoms. The zero-order valence-corrected chi connectivity index (χ0v) is 8.55. The van der Waals surface area contributed by atoms with Crippen molar-refractivity contribution in [2.24, 2.45) is 0 Å². The summed E-state index contributed by atoms with van der Waals surface area (Å²) in [4.78, 5) is 11.9. The molecule has 1 amide bonds. The molecule has 0 radical (unpaired) electrons. The Morgan fingerprint density at radius 3 is 2.60 bits per heavy atom. The Hall–Kier alpha value is -1.51. The minimum absolute atomic E-state index is 0.0613. The maximum Gasteiger partial charge on any atom is 0.255 e. The number of fused-ring (bicyclic) bond motifs is 1. The summed E-state index contributed by atoms with van der Waals surface area (Å²) < 4.78 is 0. The van der Waals surface area contributed by atoms with Gasteiger partial charge >= 0.3 is 0 Å². The van der Waals surface area contributed by atoms with Gasteiger partial charge in [0.15, 0.2) is 0 Å². The molecule has 78 valence electrons. The second kappa shape index (κ2) is 2.99. The van der Waals surface area contributed by atoms with E-state index in [4.69, 9.17) is 0 Å². The number of amides is 1. The molecular weight excluding hydrogens is 188 g/mol. The molecule has 0 saturated heterocycles. The molecule has 1 spiro atoms. The van der Waals surface area contributed by atoms with E-state index in [1.54, 1.807) is 0 Å². The van der Waals surface area contributed by atoms with Crippen molar-refractivity contribution in [1.29, 1.82) is 0 Å². The largest absolute Gasteiger partial charge is 0.362 e. The fourth-order valence-corrected chi connectivity index (χ4v) is 2.59. The van der Waals surface area contributed by atoms with Gasteiger partial charge in [0.25, 0.3) is 5.91 Å². The van der Waals surface area contributed by atoms with Crippen LogP contribution >= 0.6 is 0 Å². The first-order chi connectivity index (χ1) is 7.29. The van der Waals surface area contributed by atoms with E-state index in [-0.39, 0.29) is 11.6 Å². The molecule has 1 aliphatic carbocycles. The predicted molar refractivity (Wildman–Crippen MR) is 58.7 cm³/mol. The number of anilines is 1. The molecule has 1 aromatic rings. The Bertz CT molecular complexity index is 408. The molecular formula is C12H14N2O. The van der Waals surface area contributed by atoms with Gasteiger partial charge in [-0.15, -0.1) is 0 Å². The summed E-state index contributed by atoms with van der Waals surface area (Å²) in [6, 6.07) is 7.70. The van der Waals surface area contributed by atoms with Gasteiger partial charge in [-0.25, -0.2) is 0 Å². The van der Waals surface area contributed by atoms with Gasteiger partial charge in [0.1, 0.15) is 5.66 Å². The summed E-state index contributed by atoms with van der Waals surface area (Å²) in [5.74, 6) is 0.0613. The van der Waals surface area contributed by atoms with Crippen LogP contribution in [0.1, 0.15) is 36.0 Å². The fraction of sp³-hybridized carbons (Fsp3) is 0.417. The SMILES string of the molecule is O=C1NC2(CCCC2)Nc2ccccc21. The van der Waals surface area contributed by atoms with Gasteiger partial charge in [0, 0.05) is 5.69 Å². The molecule has 1 aromatic carbocycles. The molecule has 3 heteroatoms. The lowest BCUT2D eigenvalue weighted by molar-refractivity contribution is 0.0902. The summed E-state index contributed by atoms with van der Waals surface area (Å²) in [7, 11) is 0. The highest BCUT2D eigenvalue weighted by Gasteiger charge is 2.39. The molecule has 0 unspecified atom stereocenters. The number of carbonyl (C=O) groups excluding carboxylic acids is 1. The Kier molecular flexibility index (Phi) is 1.75. The molecule has 0 aromatic heterocycles. The third-order valence-electron chi connectivity index (χ3n) is 3.36. The van der Waals surface area contributed by atoms with Gasteiger partial charge in [-0.05, 0) is 37.8 Å². The van der Waals surface area contributed by atoms with Crippen LogP contribution in [0.25, 0.3) is 0 Å². The third kappa shape index (κ3) is 1.30. The number of carbonyl (C=O) groups is 1. The van der Waals surface area contributed by atoms with Crippen LogP contribution in [0.2, 0.25) is 0 Å². The van der Waals surface area contributed by atoms with Crippen LogP contribution in [0.4, 0.5) is 5.69 Å². The standard InChI is InChI=1S/C12H14N2O/c15-11-9-5-1-2-6-10(9)13-12(14-11)7-3-4-8-12/h1-2,5-6,13H,3-4,7-8H2,(H,14,15). The number of hydrogen-bond donors (Lipinski definition) is 2. The van der Waals surface area contributed by atoms with E-state index < -0.39 is 0 Å². The van der Waals surface area contributed by atoms with Crippen LogP contribution < -0.4 is 10.6 Å². The zero-order chi connectivity index (χ0) is 10.3. The van der Waals surface area contributed by atoms with Crippen molar-refractivity contribution in [3.8, 4) is 0 Å². The number of rotatable bonds is 0. The number of nitrogens with one attached hydrogen (secondary N) is 2. The van der Waals surface area contributed by atoms with E-state index in [2.05, 4.69) is 10.6 Å². The molecule has 1 aliphatic heterocycles. The Labute approximate surface area is 88.9 Å². The number of hydrogen-bond acceptors (Lipinski definition) is 2. The summed E-state index contributed by atoms with van der Waals surface area (Å²) in [5.41, 5.74) is 1.57. The smallest absolute Gasteiger partial charge is 0.255 e. The maximum atomic E-state index is 11.9. The van der Waals surface area contributed by atoms with Gasteiger partial charge in [0.05, 0.1) is 5.56 Å². The molecule has 1 fully saturated rings. The van der Waals surface area contributed by atoms with Crippen LogP contribution in [0.3, 0.4) is 0 Å². The van der Waals surface area contributed by atoms with Gasteiger partial charge in [-0.1, -0.05) is 12.1 Å². The van der Waals surface area contributed by atoms with Gasteiger partial charge in [0.2, 0.25) is 0 Å². The van der Waals surface area contributed by atoms with Gasteiger partial charge in [-0.3, -0.25) is 4.79 Å². The van der Waals surface area contributed by atoms with Crippen molar-refractivity contribution in [3.63, 3.8) is 0 Å². The summed E-state index contributed by atoms with van der Waals surface area (Å²) in [6.07, 6.45) is 4.45. The molecule has 3 rings (SSSR count). The highest BCUT2D eigenvalue weighted by atomic mass is 16.2. The first kappa shape index (κ1) is 8.77. The fourth-order valence-electron chi connectivity index (χ4n) is 2.59. The van der Waals surface area contributed by atoms with Crippen LogP contribution in [0, 0.1) is 0 Å². The highest BCUT2D eigenvalue weighted by Crippen LogP contribution is 2.35. The second-order valence-corrected chi connectivity index (χ2v) is 4.41. The molecule has 3 nitrogen and oxygen atoms in total. The van der Waals surface area contributed by atoms with Crippen molar-refractivity contribution in [3.05, 3.63) is 29.8 Å². The monoisotopic (exact) mass is 202 g/mol. The Balaban J connectivity index is 2.02. The summed E-state index contributed by atoms with van der Waals surface area (Å²) in [6.45, 7) is 0. The lowest BCUT2D eigenvalue weighted by Gasteiger charge is -2.37. The molecule has 1 heterocycles. The maximum absolute atomic E-state index is 11.9. The predicted octanol–water partition coefficient (Wildman–Crippen LogP) is 2.11. The lowest BCUT2D eigenvalue weighted by atomic mass is 10.0. The minimum Gasteiger partial charge on any atom is -0.362 e. The average Bonchev–Trinajstić information content (AvgIpc) is 2.66.